The molecule has 0 radical (unpaired) electrons. The second-order valence-corrected chi connectivity index (χ2v) is 39.4. The monoisotopic (exact) mass is 1970 g/mol. The molecule has 8 N–H and O–H groups in total. The number of aromatic amines is 7. The first kappa shape index (κ1) is 105. The van der Waals surface area contributed by atoms with Crippen LogP contribution in [0.2, 0.25) is 0 Å². The summed E-state index contributed by atoms with van der Waals surface area (Å²) in [7, 11) is 14.3. The number of aromatic nitrogens is 7. The third-order valence-corrected chi connectivity index (χ3v) is 28.5. The Labute approximate surface area is 837 Å². The number of nitrogens with one attached hydrogen (secondary N) is 8. The summed E-state index contributed by atoms with van der Waals surface area (Å²) >= 11 is 0. The Bertz CT molecular complexity index is 7130. The van der Waals surface area contributed by atoms with Gasteiger partial charge >= 0.3 is 0 Å². The number of aryl methyl sites for hydroxylation is 5. The number of nitrogens with zero attached hydrogens (tertiary/aromatic N) is 6. The van der Waals surface area contributed by atoms with E-state index in [1.165, 1.54) is 6.20 Å². The Morgan fingerprint density at radius 3 is 1.10 bits per heavy atom. The van der Waals surface area contributed by atoms with Gasteiger partial charge in [-0.1, -0.05) is 13.8 Å². The molecule has 31 heteroatoms. The van der Waals surface area contributed by atoms with Crippen LogP contribution in [0.25, 0.3) is 75.4 Å². The number of likely N-dealkylation sites (tertiary alicyclic amines) is 6. The van der Waals surface area contributed by atoms with Gasteiger partial charge in [-0.2, -0.15) is 0 Å². The molecule has 144 heavy (non-hydrogen) atoms. The molecule has 1 unspecified atom stereocenters. The Morgan fingerprint density at radius 2 is 0.646 bits per heavy atom. The highest BCUT2D eigenvalue weighted by molar-refractivity contribution is 5.91. The van der Waals surface area contributed by atoms with Crippen LogP contribution in [0.1, 0.15) is 138 Å². The van der Waals surface area contributed by atoms with E-state index < -0.39 is 11.6 Å². The molecule has 0 bridgehead atoms. The molecule has 29 nitrogen and oxygen atoms in total. The second kappa shape index (κ2) is 49.5. The number of H-pyrrole nitrogens is 7. The van der Waals surface area contributed by atoms with Crippen molar-refractivity contribution in [2.45, 2.75) is 193 Å². The zero-order chi connectivity index (χ0) is 102. The van der Waals surface area contributed by atoms with Gasteiger partial charge in [-0.3, -0.25) is 33.6 Å². The van der Waals surface area contributed by atoms with Gasteiger partial charge in [-0.25, -0.2) is 8.78 Å². The average Bonchev–Trinajstić information content (AvgIpc) is 0.794. The van der Waals surface area contributed by atoms with E-state index in [1.54, 1.807) is 75.3 Å². The molecule has 2 atom stereocenters. The summed E-state index contributed by atoms with van der Waals surface area (Å²) in [5, 5.41) is 13.1. The van der Waals surface area contributed by atoms with Crippen LogP contribution in [0.15, 0.2) is 198 Å². The molecule has 766 valence electrons. The molecule has 7 aromatic carbocycles. The summed E-state index contributed by atoms with van der Waals surface area (Å²) in [6.45, 7) is 25.4. The number of ether oxygens (including phenoxy) is 8. The van der Waals surface area contributed by atoms with Crippen LogP contribution >= 0.6 is 0 Å². The Morgan fingerprint density at radius 1 is 0.299 bits per heavy atom. The number of benzene rings is 7. The molecule has 7 saturated heterocycles. The third kappa shape index (κ3) is 27.3. The minimum Gasteiger partial charge on any atom is -0.493 e. The summed E-state index contributed by atoms with van der Waals surface area (Å²) in [5.41, 5.74) is 3.90. The van der Waals surface area contributed by atoms with Gasteiger partial charge in [0.2, 0.25) is 0 Å². The molecule has 0 spiro atoms. The van der Waals surface area contributed by atoms with Crippen molar-refractivity contribution in [2.75, 3.05) is 134 Å². The van der Waals surface area contributed by atoms with Crippen LogP contribution in [0.4, 0.5) is 8.78 Å². The Hall–Kier alpha value is -13.0. The van der Waals surface area contributed by atoms with Crippen LogP contribution in [0.5, 0.6) is 46.0 Å². The number of hydrogen-bond acceptors (Lipinski definition) is 22. The van der Waals surface area contributed by atoms with Gasteiger partial charge in [0, 0.05) is 160 Å². The van der Waals surface area contributed by atoms with Crippen LogP contribution in [-0.4, -0.2) is 248 Å². The SMILES string of the molecule is CCc1c[nH]c(=O)c2ccc(OC3CCN(C)CC3)c(F)c12.CCc1c[nH]c(=O)c2ccc(OC3CCN(C)CC3)cc12.CN1CCC(Oc2ccc3c(=O)[nH]ccc3c2)CC1.COc1cc2c(=O)[nH]ccc2cc1OC1CCN(C)CC1.C[C@H]1CC(Oc2ccc3c(=O)[nH]ccc3c2)CCN1.Cc1c[nH]c(=O)c2ccc(OC3CCN(C)CC3)c(F)c12.Cc1cc2c(=O)[nH]cc(C)c2cc1OC1CCN(C)CC1. The zero-order valence-electron chi connectivity index (χ0n) is 85.3. The minimum absolute atomic E-state index is 0.0342. The summed E-state index contributed by atoms with van der Waals surface area (Å²) < 4.78 is 77.0. The van der Waals surface area contributed by atoms with Gasteiger partial charge in [0.25, 0.3) is 38.9 Å². The highest BCUT2D eigenvalue weighted by Crippen LogP contribution is 2.37. The van der Waals surface area contributed by atoms with E-state index in [2.05, 4.69) is 126 Å². The molecule has 21 rings (SSSR count). The summed E-state index contributed by atoms with van der Waals surface area (Å²) in [5.74, 6) is 4.44. The largest absolute Gasteiger partial charge is 0.493 e. The van der Waals surface area contributed by atoms with E-state index >= 15 is 0 Å². The van der Waals surface area contributed by atoms with Crippen molar-refractivity contribution in [2.24, 2.45) is 0 Å². The number of hydrogen-bond donors (Lipinski definition) is 8. The number of methoxy groups -OCH3 is 1. The van der Waals surface area contributed by atoms with Crippen LogP contribution in [0, 0.1) is 32.4 Å². The number of piperidine rings is 7. The van der Waals surface area contributed by atoms with E-state index in [1.807, 2.05) is 118 Å². The first-order chi connectivity index (χ1) is 69.5. The maximum Gasteiger partial charge on any atom is 0.255 e. The van der Waals surface area contributed by atoms with Gasteiger partial charge < -0.3 is 107 Å². The fourth-order valence-electron chi connectivity index (χ4n) is 19.6. The van der Waals surface area contributed by atoms with Crippen molar-refractivity contribution in [3.63, 3.8) is 0 Å². The van der Waals surface area contributed by atoms with E-state index in [0.29, 0.717) is 67.2 Å². The van der Waals surface area contributed by atoms with Crippen molar-refractivity contribution in [1.82, 2.24) is 69.6 Å². The Kier molecular flexibility index (Phi) is 36.2. The van der Waals surface area contributed by atoms with Crippen LogP contribution < -0.4 is 82.1 Å². The molecule has 0 aliphatic carbocycles. The fourth-order valence-corrected chi connectivity index (χ4v) is 19.6. The van der Waals surface area contributed by atoms with Gasteiger partial charge in [0.1, 0.15) is 65.7 Å². The molecule has 7 fully saturated rings. The number of halogens is 2. The smallest absolute Gasteiger partial charge is 0.255 e. The second-order valence-electron chi connectivity index (χ2n) is 39.4. The lowest BCUT2D eigenvalue weighted by molar-refractivity contribution is 0.110. The highest BCUT2D eigenvalue weighted by atomic mass is 19.1. The van der Waals surface area contributed by atoms with Crippen LogP contribution in [-0.2, 0) is 12.8 Å². The van der Waals surface area contributed by atoms with E-state index in [-0.39, 0.29) is 93.1 Å². The molecule has 7 aliphatic heterocycles. The molecule has 0 amide bonds. The fraction of sp³-hybridized carbons (Fsp3) is 0.442. The average molecular weight is 1970 g/mol. The maximum atomic E-state index is 14.8. The number of rotatable bonds is 17. The van der Waals surface area contributed by atoms with Gasteiger partial charge in [-0.05, 0) is 355 Å². The lowest BCUT2D eigenvalue weighted by atomic mass is 10.0. The molecule has 7 aromatic heterocycles. The van der Waals surface area contributed by atoms with E-state index in [9.17, 15) is 42.3 Å². The molecule has 14 heterocycles. The normalized spacial score (nSPS) is 18.1. The minimum atomic E-state index is -0.435. The Balaban J connectivity index is 0.000000126. The van der Waals surface area contributed by atoms with Crippen molar-refractivity contribution in [1.29, 1.82) is 0 Å². The van der Waals surface area contributed by atoms with Gasteiger partial charge in [-0.15, -0.1) is 0 Å². The van der Waals surface area contributed by atoms with Crippen molar-refractivity contribution in [3.8, 4) is 46.0 Å². The zero-order valence-corrected chi connectivity index (χ0v) is 85.3. The molecule has 14 aromatic rings. The summed E-state index contributed by atoms with van der Waals surface area (Å²) in [6.07, 6.45) is 28.6. The van der Waals surface area contributed by atoms with Crippen LogP contribution in [0.3, 0.4) is 0 Å². The molecular weight excluding hydrogens is 1830 g/mol. The molecule has 0 saturated carbocycles. The summed E-state index contributed by atoms with van der Waals surface area (Å²) in [4.78, 5) is 115. The summed E-state index contributed by atoms with van der Waals surface area (Å²) in [6, 6.07) is 37.3. The third-order valence-electron chi connectivity index (χ3n) is 28.5. The first-order valence-corrected chi connectivity index (χ1v) is 50.8. The van der Waals surface area contributed by atoms with Gasteiger partial charge in [0.05, 0.1) is 23.3 Å². The first-order valence-electron chi connectivity index (χ1n) is 50.8. The predicted molar refractivity (Wildman–Crippen MR) is 569 cm³/mol. The number of fused-ring (bicyclic) bond motifs is 7. The topological polar surface area (TPSA) is 335 Å². The van der Waals surface area contributed by atoms with Gasteiger partial charge in [0.15, 0.2) is 34.6 Å². The van der Waals surface area contributed by atoms with Crippen molar-refractivity contribution >= 4 is 75.4 Å². The molecular formula is C113H140F2N14O15. The number of pyridine rings is 7. The molecule has 7 aliphatic rings. The van der Waals surface area contributed by atoms with Crippen molar-refractivity contribution in [3.05, 3.63) is 277 Å². The van der Waals surface area contributed by atoms with Crippen molar-refractivity contribution < 1.29 is 46.7 Å². The predicted octanol–water partition coefficient (Wildman–Crippen LogP) is 16.4. The lowest BCUT2D eigenvalue weighted by Crippen LogP contribution is -2.40. The van der Waals surface area contributed by atoms with E-state index in [4.69, 9.17) is 37.9 Å². The standard InChI is InChI=1S/C17H21FN2O2.2C17H22N2O2.C16H19FN2O2.C16H20N2O3.2C15H18N2O2/c1-3-11-10-19-17(21)13-4-5-14(16(18)15(11)13)22-12-6-8-20(2)9-7-12;1-11-8-15-14(12(2)10-18-17(15)20)9-16(11)21-13-4-6-19(3)7-5-13;1-3-12-11-18-17(20)15-5-4-14(10-16(12)15)21-13-6-8-19(2)9-7-13;1-10-9-18-16(20)12-3-4-13(15(17)14(10)12)21-11-5-7-19(2)8-6-11;1-18-7-4-12(5-8-18)21-15-9-11-3-6-17-16(19)13(11)10-14(15)20-2;1-17-8-5-12(6-9-17)19-13-2-3-14-11(10-13)4-7-16-15(14)18;1-10-8-13(5-7-16-10)19-12-2-3-14-11(9-12)4-6-17-15(14)18/h4-5,10,12H,3,6-9H2,1-2H3,(H,19,21);8-10,13H,4-7H2,1-3H3,(H,18,20);4-5,10-11,13H,3,6-9H2,1-2H3,(H,18,20);3-4,9,11H,5-8H2,1-2H3,(H,18,20);3,6,9-10,12H,4-5,7-8H2,1-2H3,(H,17,19);2-4,7,10,12H,5-6,8-9H2,1H3,(H,16,18);2-4,6,9-10,13,16H,5,7-8H2,1H3,(H,17,18)/t;;;;;;10-,13?/m......0/s1. The maximum absolute atomic E-state index is 14.8. The highest BCUT2D eigenvalue weighted by Gasteiger charge is 2.29. The lowest BCUT2D eigenvalue weighted by Gasteiger charge is -2.29. The quantitative estimate of drug-likeness (QED) is 0.0420. The van der Waals surface area contributed by atoms with E-state index in [0.717, 1.165) is 264 Å².